The minimum absolute atomic E-state index is 0.00482. The molecule has 4 aliphatic heterocycles. The second kappa shape index (κ2) is 6.85. The molecule has 4 aliphatic rings. The summed E-state index contributed by atoms with van der Waals surface area (Å²) in [6, 6.07) is 0.164. The van der Waals surface area contributed by atoms with Crippen LogP contribution in [0, 0.1) is 0 Å². The van der Waals surface area contributed by atoms with Gasteiger partial charge < -0.3 is 24.6 Å². The number of likely N-dealkylation sites (tertiary alicyclic amines) is 1. The smallest absolute Gasteiger partial charge is 0.317 e. The van der Waals surface area contributed by atoms with Crippen molar-refractivity contribution in [1.29, 1.82) is 0 Å². The van der Waals surface area contributed by atoms with Crippen LogP contribution in [0.4, 0.5) is 4.79 Å². The van der Waals surface area contributed by atoms with E-state index in [2.05, 4.69) is 10.2 Å². The minimum atomic E-state index is -0.301. The second-order valence-corrected chi connectivity index (χ2v) is 7.06. The van der Waals surface area contributed by atoms with Gasteiger partial charge in [0.05, 0.1) is 25.4 Å². The van der Waals surface area contributed by atoms with Gasteiger partial charge in [0, 0.05) is 45.8 Å². The van der Waals surface area contributed by atoms with Gasteiger partial charge in [-0.15, -0.1) is 0 Å². The fraction of sp³-hybridized carbons (Fsp3) is 0.875. The lowest BCUT2D eigenvalue weighted by Crippen LogP contribution is -2.63. The van der Waals surface area contributed by atoms with Crippen LogP contribution in [0.2, 0.25) is 0 Å². The molecule has 4 saturated heterocycles. The molecule has 0 unspecified atom stereocenters. The predicted molar refractivity (Wildman–Crippen MR) is 85.6 cm³/mol. The molecule has 0 aliphatic carbocycles. The molecule has 0 aromatic carbocycles. The van der Waals surface area contributed by atoms with E-state index in [1.165, 1.54) is 0 Å². The molecular formula is C16H26N4O4. The zero-order chi connectivity index (χ0) is 16.5. The topological polar surface area (TPSA) is 74.4 Å². The van der Waals surface area contributed by atoms with Crippen molar-refractivity contribution >= 4 is 11.9 Å². The van der Waals surface area contributed by atoms with Crippen LogP contribution in [0.25, 0.3) is 0 Å². The van der Waals surface area contributed by atoms with E-state index in [9.17, 15) is 9.59 Å². The third-order valence-corrected chi connectivity index (χ3v) is 5.45. The van der Waals surface area contributed by atoms with Gasteiger partial charge in [-0.3, -0.25) is 9.69 Å². The Labute approximate surface area is 142 Å². The van der Waals surface area contributed by atoms with Crippen molar-refractivity contribution < 1.29 is 19.1 Å². The Morgan fingerprint density at radius 3 is 2.67 bits per heavy atom. The van der Waals surface area contributed by atoms with Gasteiger partial charge in [-0.25, -0.2) is 4.79 Å². The molecule has 0 radical (unpaired) electrons. The molecule has 4 heterocycles. The van der Waals surface area contributed by atoms with E-state index in [0.29, 0.717) is 19.6 Å². The fourth-order valence-corrected chi connectivity index (χ4v) is 3.96. The molecule has 2 atom stereocenters. The normalized spacial score (nSPS) is 32.1. The highest BCUT2D eigenvalue weighted by Crippen LogP contribution is 2.25. The standard InChI is InChI=1S/C16H26N4O4/c21-15(19-9-12(10-19)20-4-3-17-16(20)22)14-2-1-13(24-14)11-18-5-7-23-8-6-18/h12-14H,1-11H2,(H,17,22)/t13-,14+/m1/s1. The van der Waals surface area contributed by atoms with E-state index >= 15 is 0 Å². The number of ether oxygens (including phenoxy) is 2. The van der Waals surface area contributed by atoms with Crippen LogP contribution in [0.1, 0.15) is 12.8 Å². The van der Waals surface area contributed by atoms with Crippen LogP contribution < -0.4 is 5.32 Å². The Morgan fingerprint density at radius 2 is 1.96 bits per heavy atom. The highest BCUT2D eigenvalue weighted by Gasteiger charge is 2.42. The summed E-state index contributed by atoms with van der Waals surface area (Å²) >= 11 is 0. The van der Waals surface area contributed by atoms with E-state index in [1.807, 2.05) is 9.80 Å². The minimum Gasteiger partial charge on any atom is -0.379 e. The van der Waals surface area contributed by atoms with Gasteiger partial charge in [0.1, 0.15) is 6.10 Å². The van der Waals surface area contributed by atoms with Crippen molar-refractivity contribution in [3.63, 3.8) is 0 Å². The maximum atomic E-state index is 12.6. The van der Waals surface area contributed by atoms with Gasteiger partial charge in [-0.05, 0) is 12.8 Å². The average molecular weight is 338 g/mol. The van der Waals surface area contributed by atoms with Gasteiger partial charge in [0.25, 0.3) is 5.91 Å². The highest BCUT2D eigenvalue weighted by molar-refractivity contribution is 5.83. The number of hydrogen-bond acceptors (Lipinski definition) is 5. The summed E-state index contributed by atoms with van der Waals surface area (Å²) < 4.78 is 11.4. The predicted octanol–water partition coefficient (Wildman–Crippen LogP) is -0.898. The maximum absolute atomic E-state index is 12.6. The largest absolute Gasteiger partial charge is 0.379 e. The van der Waals surface area contributed by atoms with Gasteiger partial charge >= 0.3 is 6.03 Å². The van der Waals surface area contributed by atoms with Crippen LogP contribution in [-0.4, -0.2) is 104 Å². The first-order chi connectivity index (χ1) is 11.7. The Hall–Kier alpha value is -1.38. The molecule has 1 N–H and O–H groups in total. The highest BCUT2D eigenvalue weighted by atomic mass is 16.5. The van der Waals surface area contributed by atoms with Crippen molar-refractivity contribution in [2.75, 3.05) is 59.0 Å². The lowest BCUT2D eigenvalue weighted by atomic mass is 10.1. The van der Waals surface area contributed by atoms with Crippen LogP contribution >= 0.6 is 0 Å². The molecule has 0 aromatic heterocycles. The summed E-state index contributed by atoms with van der Waals surface area (Å²) in [5.41, 5.74) is 0. The number of carbonyl (C=O) groups excluding carboxylic acids is 2. The zero-order valence-corrected chi connectivity index (χ0v) is 14.0. The Balaban J connectivity index is 1.21. The third kappa shape index (κ3) is 3.22. The van der Waals surface area contributed by atoms with Gasteiger partial charge in [-0.1, -0.05) is 0 Å². The first-order valence-electron chi connectivity index (χ1n) is 8.99. The first-order valence-corrected chi connectivity index (χ1v) is 8.99. The van der Waals surface area contributed by atoms with E-state index in [0.717, 1.165) is 52.2 Å². The molecule has 0 spiro atoms. The molecule has 4 fully saturated rings. The average Bonchev–Trinajstić information content (AvgIpc) is 3.17. The molecular weight excluding hydrogens is 312 g/mol. The number of rotatable bonds is 4. The van der Waals surface area contributed by atoms with E-state index in [-0.39, 0.29) is 30.2 Å². The molecule has 3 amide bonds. The van der Waals surface area contributed by atoms with Crippen molar-refractivity contribution in [2.24, 2.45) is 0 Å². The van der Waals surface area contributed by atoms with Crippen molar-refractivity contribution in [3.8, 4) is 0 Å². The molecule has 0 bridgehead atoms. The summed E-state index contributed by atoms with van der Waals surface area (Å²) in [4.78, 5) is 30.2. The van der Waals surface area contributed by atoms with Crippen LogP contribution in [0.3, 0.4) is 0 Å². The maximum Gasteiger partial charge on any atom is 0.317 e. The van der Waals surface area contributed by atoms with Crippen molar-refractivity contribution in [1.82, 2.24) is 20.0 Å². The van der Waals surface area contributed by atoms with E-state index < -0.39 is 0 Å². The zero-order valence-electron chi connectivity index (χ0n) is 14.0. The number of carbonyl (C=O) groups is 2. The van der Waals surface area contributed by atoms with Crippen molar-refractivity contribution in [2.45, 2.75) is 31.1 Å². The number of nitrogens with one attached hydrogen (secondary N) is 1. The third-order valence-electron chi connectivity index (χ3n) is 5.45. The lowest BCUT2D eigenvalue weighted by molar-refractivity contribution is -0.150. The molecule has 24 heavy (non-hydrogen) atoms. The van der Waals surface area contributed by atoms with E-state index in [1.54, 1.807) is 0 Å². The first kappa shape index (κ1) is 16.1. The van der Waals surface area contributed by atoms with Crippen LogP contribution in [0.15, 0.2) is 0 Å². The van der Waals surface area contributed by atoms with Crippen LogP contribution in [0.5, 0.6) is 0 Å². The quantitative estimate of drug-likeness (QED) is 0.719. The summed E-state index contributed by atoms with van der Waals surface area (Å²) in [7, 11) is 0. The molecule has 0 saturated carbocycles. The number of amides is 3. The Kier molecular flexibility index (Phi) is 4.60. The van der Waals surface area contributed by atoms with Crippen LogP contribution in [-0.2, 0) is 14.3 Å². The summed E-state index contributed by atoms with van der Waals surface area (Å²) in [5.74, 6) is 0.0929. The summed E-state index contributed by atoms with van der Waals surface area (Å²) in [5, 5.41) is 2.81. The number of morpholine rings is 1. The Bertz CT molecular complexity index is 490. The second-order valence-electron chi connectivity index (χ2n) is 7.06. The van der Waals surface area contributed by atoms with E-state index in [4.69, 9.17) is 9.47 Å². The SMILES string of the molecule is O=C([C@@H]1CC[C@H](CN2CCOCC2)O1)N1CC(N2CCNC2=O)C1. The lowest BCUT2D eigenvalue weighted by Gasteiger charge is -2.44. The van der Waals surface area contributed by atoms with Gasteiger partial charge in [0.15, 0.2) is 0 Å². The molecule has 134 valence electrons. The molecule has 0 aromatic rings. The number of urea groups is 1. The van der Waals surface area contributed by atoms with Gasteiger partial charge in [0.2, 0.25) is 0 Å². The van der Waals surface area contributed by atoms with Crippen molar-refractivity contribution in [3.05, 3.63) is 0 Å². The monoisotopic (exact) mass is 338 g/mol. The number of nitrogens with zero attached hydrogens (tertiary/aromatic N) is 3. The van der Waals surface area contributed by atoms with Gasteiger partial charge in [-0.2, -0.15) is 0 Å². The summed E-state index contributed by atoms with van der Waals surface area (Å²) in [6.07, 6.45) is 1.60. The Morgan fingerprint density at radius 1 is 1.17 bits per heavy atom. The fourth-order valence-electron chi connectivity index (χ4n) is 3.96. The molecule has 4 rings (SSSR count). The molecule has 8 heteroatoms. The number of hydrogen-bond donors (Lipinski definition) is 1. The molecule has 8 nitrogen and oxygen atoms in total. The summed E-state index contributed by atoms with van der Waals surface area (Å²) in [6.45, 7) is 7.09.